The van der Waals surface area contributed by atoms with Gasteiger partial charge in [-0.2, -0.15) is 9.40 Å². The number of nitrogens with one attached hydrogen (secondary N) is 1. The lowest BCUT2D eigenvalue weighted by molar-refractivity contribution is 0.280. The highest BCUT2D eigenvalue weighted by molar-refractivity contribution is 7.89. The fourth-order valence-electron chi connectivity index (χ4n) is 3.17. The lowest BCUT2D eigenvalue weighted by atomic mass is 10.2. The van der Waals surface area contributed by atoms with Gasteiger partial charge in [-0.05, 0) is 39.8 Å². The van der Waals surface area contributed by atoms with Gasteiger partial charge in [0.2, 0.25) is 10.0 Å². The normalized spacial score (nSPS) is 19.7. The first-order valence-corrected chi connectivity index (χ1v) is 8.47. The molecule has 0 bridgehead atoms. The minimum absolute atomic E-state index is 0.175. The molecule has 3 heterocycles. The number of H-pyrrole nitrogens is 1. The maximum Gasteiger partial charge on any atom is 0.247 e. The van der Waals surface area contributed by atoms with Crippen LogP contribution in [0.4, 0.5) is 0 Å². The maximum atomic E-state index is 13.0. The van der Waals surface area contributed by atoms with Crippen LogP contribution in [0.3, 0.4) is 0 Å². The van der Waals surface area contributed by atoms with E-state index in [1.165, 1.54) is 5.69 Å². The second-order valence-electron chi connectivity index (χ2n) is 5.61. The highest BCUT2D eigenvalue weighted by atomic mass is 32.2. The molecule has 2 aromatic rings. The number of hydrogen-bond acceptors (Lipinski definition) is 3. The number of sulfonamides is 1. The van der Waals surface area contributed by atoms with Crippen LogP contribution in [0.15, 0.2) is 17.0 Å². The van der Waals surface area contributed by atoms with Crippen molar-refractivity contribution in [2.45, 2.75) is 45.2 Å². The van der Waals surface area contributed by atoms with Crippen LogP contribution in [-0.4, -0.2) is 34.0 Å². The number of aromatic amines is 1. The maximum absolute atomic E-state index is 13.0. The van der Waals surface area contributed by atoms with Gasteiger partial charge in [0.1, 0.15) is 4.90 Å². The monoisotopic (exact) mass is 308 g/mol. The largest absolute Gasteiger partial charge is 0.346 e. The van der Waals surface area contributed by atoms with Gasteiger partial charge in [-0.25, -0.2) is 8.42 Å². The molecule has 2 aromatic heterocycles. The standard InChI is InChI=1S/C14H20N4O2S/c1-9-5-6-13-12(4)18(8-7-17(9)13)21(19,20)14-10(2)15-16-11(14)3/h5-6,12H,7-8H2,1-4H3,(H,15,16). The fourth-order valence-corrected chi connectivity index (χ4v) is 5.10. The minimum Gasteiger partial charge on any atom is -0.346 e. The van der Waals surface area contributed by atoms with Crippen LogP contribution in [-0.2, 0) is 16.6 Å². The van der Waals surface area contributed by atoms with Crippen LogP contribution >= 0.6 is 0 Å². The summed E-state index contributed by atoms with van der Waals surface area (Å²) in [6.07, 6.45) is 0. The molecular formula is C14H20N4O2S. The molecule has 0 saturated heterocycles. The van der Waals surface area contributed by atoms with Gasteiger partial charge in [-0.1, -0.05) is 0 Å². The van der Waals surface area contributed by atoms with Crippen molar-refractivity contribution >= 4 is 10.0 Å². The Morgan fingerprint density at radius 3 is 2.57 bits per heavy atom. The third-order valence-electron chi connectivity index (χ3n) is 4.26. The van der Waals surface area contributed by atoms with Crippen LogP contribution in [0.5, 0.6) is 0 Å². The molecule has 1 aliphatic rings. The summed E-state index contributed by atoms with van der Waals surface area (Å²) in [6, 6.07) is 3.87. The van der Waals surface area contributed by atoms with E-state index >= 15 is 0 Å². The Bertz CT molecular complexity index is 769. The highest BCUT2D eigenvalue weighted by Crippen LogP contribution is 2.33. The predicted octanol–water partition coefficient (Wildman–Crippen LogP) is 1.90. The Kier molecular flexibility index (Phi) is 3.22. The van der Waals surface area contributed by atoms with Crippen molar-refractivity contribution in [1.82, 2.24) is 19.1 Å². The quantitative estimate of drug-likeness (QED) is 0.921. The molecule has 1 atom stereocenters. The fraction of sp³-hybridized carbons (Fsp3) is 0.500. The number of hydrogen-bond donors (Lipinski definition) is 1. The smallest absolute Gasteiger partial charge is 0.247 e. The lowest BCUT2D eigenvalue weighted by Gasteiger charge is -2.34. The first-order valence-electron chi connectivity index (χ1n) is 7.03. The summed E-state index contributed by atoms with van der Waals surface area (Å²) < 4.78 is 29.7. The van der Waals surface area contributed by atoms with Crippen molar-refractivity contribution in [3.05, 3.63) is 34.9 Å². The Balaban J connectivity index is 2.06. The molecule has 0 fully saturated rings. The van der Waals surface area contributed by atoms with Gasteiger partial charge >= 0.3 is 0 Å². The zero-order chi connectivity index (χ0) is 15.4. The van der Waals surface area contributed by atoms with E-state index in [1.54, 1.807) is 18.2 Å². The number of fused-ring (bicyclic) bond motifs is 1. The van der Waals surface area contributed by atoms with Crippen LogP contribution < -0.4 is 0 Å². The van der Waals surface area contributed by atoms with E-state index in [9.17, 15) is 8.42 Å². The zero-order valence-corrected chi connectivity index (χ0v) is 13.5. The molecule has 21 heavy (non-hydrogen) atoms. The first kappa shape index (κ1) is 14.3. The third kappa shape index (κ3) is 2.03. The van der Waals surface area contributed by atoms with E-state index < -0.39 is 10.0 Å². The molecule has 7 heteroatoms. The number of aromatic nitrogens is 3. The minimum atomic E-state index is -3.54. The van der Waals surface area contributed by atoms with E-state index in [0.717, 1.165) is 5.69 Å². The van der Waals surface area contributed by atoms with Crippen molar-refractivity contribution in [3.8, 4) is 0 Å². The molecule has 3 rings (SSSR count). The average Bonchev–Trinajstić information content (AvgIpc) is 2.94. The molecule has 0 aromatic carbocycles. The van der Waals surface area contributed by atoms with Crippen molar-refractivity contribution < 1.29 is 8.42 Å². The number of aryl methyl sites for hydroxylation is 3. The van der Waals surface area contributed by atoms with Gasteiger partial charge in [-0.15, -0.1) is 0 Å². The highest BCUT2D eigenvalue weighted by Gasteiger charge is 2.36. The molecule has 0 amide bonds. The second-order valence-corrected chi connectivity index (χ2v) is 7.43. The molecule has 0 aliphatic carbocycles. The Hall–Kier alpha value is -1.60. The molecule has 1 N–H and O–H groups in total. The van der Waals surface area contributed by atoms with Crippen LogP contribution in [0, 0.1) is 20.8 Å². The molecule has 0 saturated carbocycles. The number of rotatable bonds is 2. The van der Waals surface area contributed by atoms with Crippen LogP contribution in [0.1, 0.15) is 35.7 Å². The summed E-state index contributed by atoms with van der Waals surface area (Å²) in [7, 11) is -3.54. The zero-order valence-electron chi connectivity index (χ0n) is 12.7. The van der Waals surface area contributed by atoms with Gasteiger partial charge in [0, 0.05) is 24.5 Å². The molecule has 1 aliphatic heterocycles. The molecular weight excluding hydrogens is 288 g/mol. The summed E-state index contributed by atoms with van der Waals surface area (Å²) in [5, 5.41) is 6.77. The van der Waals surface area contributed by atoms with Crippen molar-refractivity contribution in [3.63, 3.8) is 0 Å². The number of nitrogens with zero attached hydrogens (tertiary/aromatic N) is 3. The Labute approximate surface area is 124 Å². The van der Waals surface area contributed by atoms with Crippen LogP contribution in [0.25, 0.3) is 0 Å². The second kappa shape index (κ2) is 4.71. The summed E-state index contributed by atoms with van der Waals surface area (Å²) in [6.45, 7) is 8.62. The summed E-state index contributed by atoms with van der Waals surface area (Å²) in [5.74, 6) is 0. The summed E-state index contributed by atoms with van der Waals surface area (Å²) >= 11 is 0. The van der Waals surface area contributed by atoms with E-state index in [0.29, 0.717) is 29.4 Å². The van der Waals surface area contributed by atoms with Gasteiger partial charge < -0.3 is 4.57 Å². The van der Waals surface area contributed by atoms with Gasteiger partial charge in [0.25, 0.3) is 0 Å². The van der Waals surface area contributed by atoms with Gasteiger partial charge in [0.05, 0.1) is 17.4 Å². The third-order valence-corrected chi connectivity index (χ3v) is 6.50. The average molecular weight is 308 g/mol. The van der Waals surface area contributed by atoms with Crippen molar-refractivity contribution in [2.24, 2.45) is 0 Å². The molecule has 1 unspecified atom stereocenters. The van der Waals surface area contributed by atoms with Gasteiger partial charge in [-0.3, -0.25) is 5.10 Å². The molecule has 6 nitrogen and oxygen atoms in total. The van der Waals surface area contributed by atoms with Crippen LogP contribution in [0.2, 0.25) is 0 Å². The van der Waals surface area contributed by atoms with Crippen molar-refractivity contribution in [1.29, 1.82) is 0 Å². The molecule has 0 radical (unpaired) electrons. The SMILES string of the molecule is Cc1n[nH]c(C)c1S(=O)(=O)N1CCn2c(C)ccc2C1C. The van der Waals surface area contributed by atoms with Crippen molar-refractivity contribution in [2.75, 3.05) is 6.54 Å². The lowest BCUT2D eigenvalue weighted by Crippen LogP contribution is -2.41. The van der Waals surface area contributed by atoms with E-state index in [4.69, 9.17) is 0 Å². The van der Waals surface area contributed by atoms with E-state index in [-0.39, 0.29) is 6.04 Å². The predicted molar refractivity (Wildman–Crippen MR) is 79.5 cm³/mol. The molecule has 0 spiro atoms. The first-order chi connectivity index (χ1) is 9.84. The molecule has 114 valence electrons. The Morgan fingerprint density at radius 2 is 1.95 bits per heavy atom. The Morgan fingerprint density at radius 1 is 1.24 bits per heavy atom. The topological polar surface area (TPSA) is 71.0 Å². The van der Waals surface area contributed by atoms with E-state index in [1.807, 2.05) is 26.0 Å². The van der Waals surface area contributed by atoms with Gasteiger partial charge in [0.15, 0.2) is 0 Å². The summed E-state index contributed by atoms with van der Waals surface area (Å²) in [5.41, 5.74) is 3.33. The van der Waals surface area contributed by atoms with E-state index in [2.05, 4.69) is 14.8 Å². The summed E-state index contributed by atoms with van der Waals surface area (Å²) in [4.78, 5) is 0.311.